The summed E-state index contributed by atoms with van der Waals surface area (Å²) < 4.78 is 0. The van der Waals surface area contributed by atoms with Crippen LogP contribution in [-0.4, -0.2) is 46.6 Å². The van der Waals surface area contributed by atoms with Crippen LogP contribution in [0.5, 0.6) is 0 Å². The number of hydrogen-bond donors (Lipinski definition) is 1. The molecule has 0 spiro atoms. The highest BCUT2D eigenvalue weighted by Gasteiger charge is 2.48. The standard InChI is InChI=1S/C18H27N5/c19-17-6-7-20-18(21-17)22-9-12-8-14(11-22)16-3-1-2-15(13-4-5-13)23(16)10-12/h6-7,12-16H,1-5,8-11H2,(H2,19,20,21)/t12-,14+,15+,16-/m0/s1. The maximum Gasteiger partial charge on any atom is 0.227 e. The number of nitrogen functional groups attached to an aromatic ring is 1. The number of anilines is 2. The van der Waals surface area contributed by atoms with E-state index in [0.717, 1.165) is 48.9 Å². The molecule has 0 unspecified atom stereocenters. The summed E-state index contributed by atoms with van der Waals surface area (Å²) in [5.74, 6) is 4.00. The molecule has 23 heavy (non-hydrogen) atoms. The third-order valence-corrected chi connectivity index (χ3v) is 6.55. The summed E-state index contributed by atoms with van der Waals surface area (Å²) in [7, 11) is 0. The molecule has 0 aromatic carbocycles. The van der Waals surface area contributed by atoms with Crippen LogP contribution in [-0.2, 0) is 0 Å². The molecule has 4 atom stereocenters. The molecular weight excluding hydrogens is 286 g/mol. The molecule has 5 rings (SSSR count). The number of aromatic nitrogens is 2. The number of fused-ring (bicyclic) bond motifs is 4. The Morgan fingerprint density at radius 2 is 1.83 bits per heavy atom. The molecule has 4 fully saturated rings. The van der Waals surface area contributed by atoms with Crippen LogP contribution >= 0.6 is 0 Å². The zero-order valence-electron chi connectivity index (χ0n) is 13.8. The second kappa shape index (κ2) is 5.33. The van der Waals surface area contributed by atoms with Gasteiger partial charge < -0.3 is 10.6 Å². The van der Waals surface area contributed by atoms with Crippen LogP contribution in [0, 0.1) is 17.8 Å². The minimum Gasteiger partial charge on any atom is -0.384 e. The van der Waals surface area contributed by atoms with E-state index in [4.69, 9.17) is 5.73 Å². The van der Waals surface area contributed by atoms with Gasteiger partial charge in [0.05, 0.1) is 0 Å². The molecule has 1 aromatic heterocycles. The monoisotopic (exact) mass is 313 g/mol. The second-order valence-corrected chi connectivity index (χ2v) is 8.15. The topological polar surface area (TPSA) is 58.3 Å². The quantitative estimate of drug-likeness (QED) is 0.906. The van der Waals surface area contributed by atoms with Crippen molar-refractivity contribution in [1.82, 2.24) is 14.9 Å². The van der Waals surface area contributed by atoms with E-state index in [1.807, 2.05) is 0 Å². The molecule has 2 N–H and O–H groups in total. The van der Waals surface area contributed by atoms with Crippen LogP contribution in [0.15, 0.2) is 12.3 Å². The van der Waals surface area contributed by atoms with E-state index in [0.29, 0.717) is 5.82 Å². The Kier molecular flexibility index (Phi) is 3.25. The summed E-state index contributed by atoms with van der Waals surface area (Å²) in [4.78, 5) is 14.3. The Labute approximate surface area is 138 Å². The lowest BCUT2D eigenvalue weighted by Gasteiger charge is -2.55. The van der Waals surface area contributed by atoms with Crippen molar-refractivity contribution < 1.29 is 0 Å². The molecule has 1 saturated carbocycles. The molecule has 3 saturated heterocycles. The van der Waals surface area contributed by atoms with Gasteiger partial charge in [-0.2, -0.15) is 4.98 Å². The first-order valence-electron chi connectivity index (χ1n) is 9.37. The highest BCUT2D eigenvalue weighted by molar-refractivity contribution is 5.38. The van der Waals surface area contributed by atoms with Gasteiger partial charge in [-0.05, 0) is 55.9 Å². The van der Waals surface area contributed by atoms with Crippen LogP contribution in [0.3, 0.4) is 0 Å². The summed E-state index contributed by atoms with van der Waals surface area (Å²) in [6, 6.07) is 3.47. The Hall–Kier alpha value is -1.36. The molecule has 1 aliphatic carbocycles. The van der Waals surface area contributed by atoms with Crippen molar-refractivity contribution >= 4 is 11.8 Å². The van der Waals surface area contributed by atoms with Crippen LogP contribution in [0.4, 0.5) is 11.8 Å². The Morgan fingerprint density at radius 3 is 2.61 bits per heavy atom. The zero-order chi connectivity index (χ0) is 15.4. The van der Waals surface area contributed by atoms with Crippen LogP contribution in [0.25, 0.3) is 0 Å². The largest absolute Gasteiger partial charge is 0.384 e. The van der Waals surface area contributed by atoms with Gasteiger partial charge in [0.25, 0.3) is 0 Å². The normalized spacial score (nSPS) is 37.5. The van der Waals surface area contributed by atoms with Crippen molar-refractivity contribution in [1.29, 1.82) is 0 Å². The minimum atomic E-state index is 0.582. The van der Waals surface area contributed by atoms with E-state index in [1.54, 1.807) is 12.3 Å². The van der Waals surface area contributed by atoms with E-state index < -0.39 is 0 Å². The van der Waals surface area contributed by atoms with E-state index >= 15 is 0 Å². The first-order chi connectivity index (χ1) is 11.3. The molecule has 4 heterocycles. The molecule has 2 bridgehead atoms. The molecule has 0 amide bonds. The van der Waals surface area contributed by atoms with Gasteiger partial charge in [0.15, 0.2) is 0 Å². The third-order valence-electron chi connectivity index (χ3n) is 6.55. The maximum absolute atomic E-state index is 5.86. The summed E-state index contributed by atoms with van der Waals surface area (Å²) in [5, 5.41) is 0. The van der Waals surface area contributed by atoms with Gasteiger partial charge in [-0.15, -0.1) is 0 Å². The van der Waals surface area contributed by atoms with E-state index in [1.165, 1.54) is 45.1 Å². The van der Waals surface area contributed by atoms with Crippen molar-refractivity contribution in [2.45, 2.75) is 50.6 Å². The smallest absolute Gasteiger partial charge is 0.227 e. The number of rotatable bonds is 2. The predicted molar refractivity (Wildman–Crippen MR) is 91.1 cm³/mol. The van der Waals surface area contributed by atoms with Gasteiger partial charge in [0.2, 0.25) is 5.95 Å². The average molecular weight is 313 g/mol. The van der Waals surface area contributed by atoms with Crippen molar-refractivity contribution in [2.75, 3.05) is 30.3 Å². The molecule has 124 valence electrons. The van der Waals surface area contributed by atoms with Gasteiger partial charge in [0.1, 0.15) is 5.82 Å². The lowest BCUT2D eigenvalue weighted by atomic mass is 9.74. The third kappa shape index (κ3) is 2.49. The fraction of sp³-hybridized carbons (Fsp3) is 0.778. The zero-order valence-corrected chi connectivity index (χ0v) is 13.8. The van der Waals surface area contributed by atoms with Crippen LogP contribution < -0.4 is 10.6 Å². The Bertz CT molecular complexity index is 587. The summed E-state index contributed by atoms with van der Waals surface area (Å²) in [6.45, 7) is 3.50. The molecule has 5 nitrogen and oxygen atoms in total. The van der Waals surface area contributed by atoms with Crippen molar-refractivity contribution in [2.24, 2.45) is 17.8 Å². The number of hydrogen-bond acceptors (Lipinski definition) is 5. The lowest BCUT2D eigenvalue weighted by Crippen LogP contribution is -2.62. The van der Waals surface area contributed by atoms with Gasteiger partial charge in [0, 0.05) is 37.9 Å². The van der Waals surface area contributed by atoms with E-state index in [2.05, 4.69) is 19.8 Å². The molecule has 1 aromatic rings. The van der Waals surface area contributed by atoms with Gasteiger partial charge >= 0.3 is 0 Å². The molecule has 5 heteroatoms. The number of nitrogens with zero attached hydrogens (tertiary/aromatic N) is 4. The minimum absolute atomic E-state index is 0.582. The average Bonchev–Trinajstić information content (AvgIpc) is 3.39. The van der Waals surface area contributed by atoms with Crippen molar-refractivity contribution in [3.63, 3.8) is 0 Å². The predicted octanol–water partition coefficient (Wildman–Crippen LogP) is 2.15. The van der Waals surface area contributed by atoms with Crippen molar-refractivity contribution in [3.05, 3.63) is 12.3 Å². The number of nitrogens with two attached hydrogens (primary N) is 1. The fourth-order valence-corrected chi connectivity index (χ4v) is 5.51. The molecule has 4 aliphatic rings. The SMILES string of the molecule is Nc1ccnc(N2C[C@@H]3C[C@H](C2)[C@@H]2CCC[C@H](C4CC4)N2C3)n1. The maximum atomic E-state index is 5.86. The highest BCUT2D eigenvalue weighted by Crippen LogP contribution is 2.46. The fourth-order valence-electron chi connectivity index (χ4n) is 5.51. The van der Waals surface area contributed by atoms with Crippen LogP contribution in [0.1, 0.15) is 38.5 Å². The van der Waals surface area contributed by atoms with Crippen LogP contribution in [0.2, 0.25) is 0 Å². The first kappa shape index (κ1) is 14.0. The van der Waals surface area contributed by atoms with Gasteiger partial charge in [-0.3, -0.25) is 4.90 Å². The summed E-state index contributed by atoms with van der Waals surface area (Å²) in [6.07, 6.45) is 10.4. The van der Waals surface area contributed by atoms with Gasteiger partial charge in [-0.25, -0.2) is 4.98 Å². The van der Waals surface area contributed by atoms with E-state index in [-0.39, 0.29) is 0 Å². The van der Waals surface area contributed by atoms with Gasteiger partial charge in [-0.1, -0.05) is 6.42 Å². The highest BCUT2D eigenvalue weighted by atomic mass is 15.3. The summed E-state index contributed by atoms with van der Waals surface area (Å²) in [5.41, 5.74) is 5.86. The van der Waals surface area contributed by atoms with Crippen molar-refractivity contribution in [3.8, 4) is 0 Å². The lowest BCUT2D eigenvalue weighted by molar-refractivity contribution is -0.0260. The Morgan fingerprint density at radius 1 is 1.00 bits per heavy atom. The van der Waals surface area contributed by atoms with E-state index in [9.17, 15) is 0 Å². The second-order valence-electron chi connectivity index (χ2n) is 8.15. The molecule has 0 radical (unpaired) electrons. The molecular formula is C18H27N5. The first-order valence-corrected chi connectivity index (χ1v) is 9.37. The Balaban J connectivity index is 1.37. The summed E-state index contributed by atoms with van der Waals surface area (Å²) >= 11 is 0. The molecule has 3 aliphatic heterocycles. The number of piperidine rings is 3.